The summed E-state index contributed by atoms with van der Waals surface area (Å²) in [6.07, 6.45) is 0.884. The van der Waals surface area contributed by atoms with Gasteiger partial charge in [-0.05, 0) is 13.0 Å². The lowest BCUT2D eigenvalue weighted by atomic mass is 9.84. The third-order valence-corrected chi connectivity index (χ3v) is 2.92. The molecule has 2 nitrogen and oxygen atoms in total. The van der Waals surface area contributed by atoms with E-state index in [1.54, 1.807) is 18.2 Å². The summed E-state index contributed by atoms with van der Waals surface area (Å²) in [5.74, 6) is -0.339. The molecule has 1 heterocycles. The molecule has 0 aromatic heterocycles. The van der Waals surface area contributed by atoms with Crippen LogP contribution in [0.25, 0.3) is 0 Å². The SMILES string of the molecule is CC1CC(O)(c2ccccc2F)CCO1. The maximum atomic E-state index is 13.5. The van der Waals surface area contributed by atoms with E-state index < -0.39 is 5.60 Å². The number of benzene rings is 1. The van der Waals surface area contributed by atoms with Gasteiger partial charge < -0.3 is 9.84 Å². The van der Waals surface area contributed by atoms with Crippen molar-refractivity contribution in [1.82, 2.24) is 0 Å². The first kappa shape index (κ1) is 10.6. The summed E-state index contributed by atoms with van der Waals surface area (Å²) in [4.78, 5) is 0. The minimum absolute atomic E-state index is 0.0247. The third-order valence-electron chi connectivity index (χ3n) is 2.92. The maximum Gasteiger partial charge on any atom is 0.129 e. The molecule has 0 radical (unpaired) electrons. The number of halogens is 1. The lowest BCUT2D eigenvalue weighted by Crippen LogP contribution is -2.38. The molecule has 82 valence electrons. The molecule has 15 heavy (non-hydrogen) atoms. The molecule has 2 unspecified atom stereocenters. The largest absolute Gasteiger partial charge is 0.385 e. The van der Waals surface area contributed by atoms with Crippen LogP contribution >= 0.6 is 0 Å². The fraction of sp³-hybridized carbons (Fsp3) is 0.500. The normalized spacial score (nSPS) is 31.5. The summed E-state index contributed by atoms with van der Waals surface area (Å²) in [6.45, 7) is 2.37. The first-order valence-electron chi connectivity index (χ1n) is 5.21. The van der Waals surface area contributed by atoms with E-state index in [0.717, 1.165) is 0 Å². The molecule has 2 atom stereocenters. The van der Waals surface area contributed by atoms with Gasteiger partial charge in [-0.3, -0.25) is 0 Å². The van der Waals surface area contributed by atoms with Crippen LogP contribution in [0.2, 0.25) is 0 Å². The van der Waals surface area contributed by atoms with Crippen molar-refractivity contribution in [3.63, 3.8) is 0 Å². The van der Waals surface area contributed by atoms with Gasteiger partial charge >= 0.3 is 0 Å². The van der Waals surface area contributed by atoms with Crippen molar-refractivity contribution in [3.05, 3.63) is 35.6 Å². The first-order valence-corrected chi connectivity index (χ1v) is 5.21. The Morgan fingerprint density at radius 3 is 2.87 bits per heavy atom. The van der Waals surface area contributed by atoms with Gasteiger partial charge in [-0.1, -0.05) is 18.2 Å². The second-order valence-electron chi connectivity index (χ2n) is 4.15. The molecule has 3 heteroatoms. The highest BCUT2D eigenvalue weighted by Gasteiger charge is 2.36. The second-order valence-corrected chi connectivity index (χ2v) is 4.15. The molecule has 1 aromatic carbocycles. The van der Waals surface area contributed by atoms with Crippen molar-refractivity contribution in [1.29, 1.82) is 0 Å². The molecule has 1 N–H and O–H groups in total. The van der Waals surface area contributed by atoms with Gasteiger partial charge in [0.05, 0.1) is 18.3 Å². The second kappa shape index (κ2) is 3.91. The van der Waals surface area contributed by atoms with Gasteiger partial charge in [-0.2, -0.15) is 0 Å². The highest BCUT2D eigenvalue weighted by atomic mass is 19.1. The average molecular weight is 210 g/mol. The average Bonchev–Trinajstić information content (AvgIpc) is 2.17. The van der Waals surface area contributed by atoms with Gasteiger partial charge in [0.2, 0.25) is 0 Å². The first-order chi connectivity index (χ1) is 7.12. The van der Waals surface area contributed by atoms with E-state index in [9.17, 15) is 9.50 Å². The summed E-state index contributed by atoms with van der Waals surface area (Å²) in [6, 6.07) is 6.41. The molecule has 1 aliphatic heterocycles. The molecule has 0 amide bonds. The van der Waals surface area contributed by atoms with Crippen molar-refractivity contribution >= 4 is 0 Å². The zero-order chi connectivity index (χ0) is 10.9. The molecule has 0 aliphatic carbocycles. The van der Waals surface area contributed by atoms with E-state index >= 15 is 0 Å². The van der Waals surface area contributed by atoms with Gasteiger partial charge in [-0.15, -0.1) is 0 Å². The molecule has 0 spiro atoms. The molecule has 0 saturated carbocycles. The molecule has 1 aromatic rings. The number of hydrogen-bond donors (Lipinski definition) is 1. The zero-order valence-corrected chi connectivity index (χ0v) is 8.74. The predicted octanol–water partition coefficient (Wildman–Crippen LogP) is 2.21. The van der Waals surface area contributed by atoms with E-state index in [4.69, 9.17) is 4.74 Å². The van der Waals surface area contributed by atoms with E-state index in [2.05, 4.69) is 0 Å². The Morgan fingerprint density at radius 1 is 1.47 bits per heavy atom. The Hall–Kier alpha value is -0.930. The van der Waals surface area contributed by atoms with E-state index in [1.165, 1.54) is 6.07 Å². The topological polar surface area (TPSA) is 29.5 Å². The third kappa shape index (κ3) is 2.03. The van der Waals surface area contributed by atoms with Gasteiger partial charge in [0.25, 0.3) is 0 Å². The van der Waals surface area contributed by atoms with Crippen LogP contribution in [0.5, 0.6) is 0 Å². The van der Waals surface area contributed by atoms with Crippen molar-refractivity contribution in [3.8, 4) is 0 Å². The van der Waals surface area contributed by atoms with Crippen LogP contribution in [0, 0.1) is 5.82 Å². The summed E-state index contributed by atoms with van der Waals surface area (Å²) >= 11 is 0. The highest BCUT2D eigenvalue weighted by molar-refractivity contribution is 5.24. The van der Waals surface area contributed by atoms with Crippen molar-refractivity contribution in [2.45, 2.75) is 31.5 Å². The van der Waals surface area contributed by atoms with E-state index in [-0.39, 0.29) is 11.9 Å². The Balaban J connectivity index is 2.32. The predicted molar refractivity (Wildman–Crippen MR) is 54.9 cm³/mol. The van der Waals surface area contributed by atoms with Crippen LogP contribution in [0.3, 0.4) is 0 Å². The molecule has 1 fully saturated rings. The lowest BCUT2D eigenvalue weighted by molar-refractivity contribution is -0.103. The molecular weight excluding hydrogens is 195 g/mol. The van der Waals surface area contributed by atoms with Crippen molar-refractivity contribution < 1.29 is 14.2 Å². The Kier molecular flexibility index (Phi) is 2.76. The number of aliphatic hydroxyl groups is 1. The van der Waals surface area contributed by atoms with Crippen LogP contribution in [-0.2, 0) is 10.3 Å². The van der Waals surface area contributed by atoms with E-state index in [0.29, 0.717) is 25.0 Å². The lowest BCUT2D eigenvalue weighted by Gasteiger charge is -2.36. The standard InChI is InChI=1S/C12H15FO2/c1-9-8-12(14,6-7-15-9)10-4-2-3-5-11(10)13/h2-5,9,14H,6-8H2,1H3. The highest BCUT2D eigenvalue weighted by Crippen LogP contribution is 2.35. The van der Waals surface area contributed by atoms with Gasteiger partial charge in [0.15, 0.2) is 0 Å². The van der Waals surface area contributed by atoms with Crippen LogP contribution in [0.4, 0.5) is 4.39 Å². The Labute approximate surface area is 88.7 Å². The smallest absolute Gasteiger partial charge is 0.129 e. The monoisotopic (exact) mass is 210 g/mol. The summed E-state index contributed by atoms with van der Waals surface area (Å²) in [5, 5.41) is 10.4. The van der Waals surface area contributed by atoms with E-state index in [1.807, 2.05) is 6.92 Å². The maximum absolute atomic E-state index is 13.5. The van der Waals surface area contributed by atoms with Gasteiger partial charge in [0, 0.05) is 18.4 Å². The molecule has 0 bridgehead atoms. The van der Waals surface area contributed by atoms with Gasteiger partial charge in [-0.25, -0.2) is 4.39 Å². The molecule has 1 aliphatic rings. The fourth-order valence-corrected chi connectivity index (χ4v) is 2.15. The summed E-state index contributed by atoms with van der Waals surface area (Å²) in [7, 11) is 0. The fourth-order valence-electron chi connectivity index (χ4n) is 2.15. The minimum atomic E-state index is -1.07. The Bertz CT molecular complexity index is 353. The number of ether oxygens (including phenoxy) is 1. The number of hydrogen-bond acceptors (Lipinski definition) is 2. The summed E-state index contributed by atoms with van der Waals surface area (Å²) < 4.78 is 18.9. The summed E-state index contributed by atoms with van der Waals surface area (Å²) in [5.41, 5.74) is -0.677. The molecular formula is C12H15FO2. The number of rotatable bonds is 1. The minimum Gasteiger partial charge on any atom is -0.385 e. The van der Waals surface area contributed by atoms with Crippen LogP contribution in [-0.4, -0.2) is 17.8 Å². The van der Waals surface area contributed by atoms with Crippen molar-refractivity contribution in [2.75, 3.05) is 6.61 Å². The Morgan fingerprint density at radius 2 is 2.20 bits per heavy atom. The van der Waals surface area contributed by atoms with Crippen LogP contribution < -0.4 is 0 Å². The quantitative estimate of drug-likeness (QED) is 0.770. The van der Waals surface area contributed by atoms with Crippen LogP contribution in [0.15, 0.2) is 24.3 Å². The zero-order valence-electron chi connectivity index (χ0n) is 8.74. The van der Waals surface area contributed by atoms with Gasteiger partial charge in [0.1, 0.15) is 5.82 Å². The molecule has 1 saturated heterocycles. The van der Waals surface area contributed by atoms with Crippen LogP contribution in [0.1, 0.15) is 25.3 Å². The molecule has 2 rings (SSSR count). The van der Waals surface area contributed by atoms with Crippen molar-refractivity contribution in [2.24, 2.45) is 0 Å².